The Balaban J connectivity index is 4.09. The number of phosphoric ester groups is 1. The van der Waals surface area contributed by atoms with Crippen molar-refractivity contribution in [2.24, 2.45) is 0 Å². The second-order valence-corrected chi connectivity index (χ2v) is 20.7. The zero-order chi connectivity index (χ0) is 46.9. The molecule has 64 heavy (non-hydrogen) atoms. The van der Waals surface area contributed by atoms with Gasteiger partial charge in [0.2, 0.25) is 0 Å². The van der Waals surface area contributed by atoms with Gasteiger partial charge in [-0.3, -0.25) is 13.8 Å². The largest absolute Gasteiger partial charge is 0.472 e. The summed E-state index contributed by atoms with van der Waals surface area (Å²) in [6.45, 7) is 5.62. The maximum Gasteiger partial charge on any atom is 0.472 e. The number of phosphoric acid groups is 1. The molecule has 0 spiro atoms. The molecule has 8 nitrogen and oxygen atoms in total. The summed E-state index contributed by atoms with van der Waals surface area (Å²) in [6, 6.07) is 0. The van der Waals surface area contributed by atoms with E-state index >= 15 is 0 Å². The van der Waals surface area contributed by atoms with E-state index in [4.69, 9.17) is 18.5 Å². The second kappa shape index (κ2) is 47.9. The third-order valence-electron chi connectivity index (χ3n) is 11.6. The highest BCUT2D eigenvalue weighted by Gasteiger charge is 2.26. The van der Waals surface area contributed by atoms with Crippen LogP contribution in [0.4, 0.5) is 0 Å². The Morgan fingerprint density at radius 1 is 0.484 bits per heavy atom. The zero-order valence-electron chi connectivity index (χ0n) is 42.8. The lowest BCUT2D eigenvalue weighted by Gasteiger charge is -2.24. The van der Waals surface area contributed by atoms with Crippen LogP contribution in [0.1, 0.15) is 239 Å². The third kappa shape index (κ3) is 51.4. The Hall–Kier alpha value is -1.54. The van der Waals surface area contributed by atoms with Crippen molar-refractivity contribution in [3.63, 3.8) is 0 Å². The van der Waals surface area contributed by atoms with Gasteiger partial charge in [0.25, 0.3) is 0 Å². The van der Waals surface area contributed by atoms with E-state index in [1.165, 1.54) is 161 Å². The molecule has 0 radical (unpaired) electrons. The van der Waals surface area contributed by atoms with Gasteiger partial charge in [-0.2, -0.15) is 0 Å². The van der Waals surface area contributed by atoms with Crippen molar-refractivity contribution in [3.8, 4) is 0 Å². The highest BCUT2D eigenvalue weighted by molar-refractivity contribution is 7.47. The number of esters is 1. The van der Waals surface area contributed by atoms with E-state index in [2.05, 4.69) is 62.5 Å². The van der Waals surface area contributed by atoms with Crippen molar-refractivity contribution in [2.45, 2.75) is 245 Å². The molecule has 0 aliphatic rings. The molecule has 0 amide bonds. The summed E-state index contributed by atoms with van der Waals surface area (Å²) in [6.07, 6.45) is 60.2. The van der Waals surface area contributed by atoms with Crippen molar-refractivity contribution in [3.05, 3.63) is 48.6 Å². The summed E-state index contributed by atoms with van der Waals surface area (Å²) < 4.78 is 35.2. The lowest BCUT2D eigenvalue weighted by Crippen LogP contribution is -2.37. The number of carbonyl (C=O) groups is 1. The quantitative estimate of drug-likeness (QED) is 0.0214. The van der Waals surface area contributed by atoms with Crippen molar-refractivity contribution in [1.82, 2.24) is 0 Å². The Labute approximate surface area is 397 Å². The number of allylic oxidation sites excluding steroid dienone is 8. The second-order valence-electron chi connectivity index (χ2n) is 19.3. The van der Waals surface area contributed by atoms with Crippen molar-refractivity contribution < 1.29 is 37.3 Å². The van der Waals surface area contributed by atoms with Crippen LogP contribution in [0, 0.1) is 0 Å². The van der Waals surface area contributed by atoms with Gasteiger partial charge in [0.15, 0.2) is 0 Å². The molecular formula is C55H105NO7P+. The van der Waals surface area contributed by atoms with Crippen LogP contribution >= 0.6 is 7.82 Å². The average molecular weight is 923 g/mol. The van der Waals surface area contributed by atoms with Crippen LogP contribution in [0.3, 0.4) is 0 Å². The maximum atomic E-state index is 12.8. The van der Waals surface area contributed by atoms with Crippen LogP contribution in [0.15, 0.2) is 48.6 Å². The van der Waals surface area contributed by atoms with Crippen LogP contribution < -0.4 is 0 Å². The molecule has 0 aliphatic heterocycles. The van der Waals surface area contributed by atoms with Gasteiger partial charge in [-0.15, -0.1) is 0 Å². The number of ether oxygens (including phenoxy) is 2. The molecule has 376 valence electrons. The molecule has 0 aromatic heterocycles. The number of quaternary nitrogens is 1. The van der Waals surface area contributed by atoms with Gasteiger partial charge < -0.3 is 18.9 Å². The number of carbonyl (C=O) groups excluding carboxylic acids is 1. The predicted octanol–water partition coefficient (Wildman–Crippen LogP) is 16.7. The van der Waals surface area contributed by atoms with E-state index in [0.717, 1.165) is 57.8 Å². The van der Waals surface area contributed by atoms with Crippen LogP contribution in [0.25, 0.3) is 0 Å². The van der Waals surface area contributed by atoms with Gasteiger partial charge in [0.1, 0.15) is 19.3 Å². The summed E-state index contributed by atoms with van der Waals surface area (Å²) in [4.78, 5) is 23.0. The summed E-state index contributed by atoms with van der Waals surface area (Å²) >= 11 is 0. The Bertz CT molecular complexity index is 1160. The first-order chi connectivity index (χ1) is 31.1. The highest BCUT2D eigenvalue weighted by Crippen LogP contribution is 2.43. The summed E-state index contributed by atoms with van der Waals surface area (Å²) in [5.74, 6) is -0.321. The first-order valence-electron chi connectivity index (χ1n) is 26.9. The fourth-order valence-corrected chi connectivity index (χ4v) is 8.18. The van der Waals surface area contributed by atoms with E-state index in [1.807, 2.05) is 21.1 Å². The minimum absolute atomic E-state index is 0.0859. The Kier molecular flexibility index (Phi) is 46.8. The molecule has 0 bridgehead atoms. The van der Waals surface area contributed by atoms with Gasteiger partial charge in [-0.05, 0) is 77.0 Å². The van der Waals surface area contributed by atoms with Gasteiger partial charge in [-0.25, -0.2) is 4.57 Å². The van der Waals surface area contributed by atoms with Gasteiger partial charge in [0.05, 0.1) is 34.4 Å². The molecule has 9 heteroatoms. The standard InChI is InChI=1S/C55H104NO7P/c1-6-8-10-12-14-16-18-20-22-24-25-26-27-28-29-30-31-32-33-35-37-39-41-43-45-47-50-60-52-54(53-62-64(58,59)61-51-49-56(3,4)5)63-55(57)48-46-44-42-40-38-36-34-23-21-19-17-15-13-11-9-7-2/h18,20,23-25,27-28,34,54H,6-17,19,21-22,26,29-33,35-53H2,1-5H3/p+1/b20-18-,25-24-,28-27-,34-23-. The van der Waals surface area contributed by atoms with E-state index in [1.54, 1.807) is 0 Å². The molecule has 0 aliphatic carbocycles. The third-order valence-corrected chi connectivity index (χ3v) is 12.6. The number of nitrogens with zero attached hydrogens (tertiary/aromatic N) is 1. The maximum absolute atomic E-state index is 12.8. The number of rotatable bonds is 50. The van der Waals surface area contributed by atoms with Gasteiger partial charge in [-0.1, -0.05) is 204 Å². The summed E-state index contributed by atoms with van der Waals surface area (Å²) in [5.41, 5.74) is 0. The van der Waals surface area contributed by atoms with E-state index < -0.39 is 13.9 Å². The molecule has 0 heterocycles. The smallest absolute Gasteiger partial charge is 0.457 e. The van der Waals surface area contributed by atoms with E-state index in [9.17, 15) is 14.3 Å². The predicted molar refractivity (Wildman–Crippen MR) is 275 cm³/mol. The van der Waals surface area contributed by atoms with E-state index in [0.29, 0.717) is 24.1 Å². The summed E-state index contributed by atoms with van der Waals surface area (Å²) in [5, 5.41) is 0. The number of likely N-dealkylation sites (N-methyl/N-ethyl adjacent to an activating group) is 1. The van der Waals surface area contributed by atoms with Crippen LogP contribution in [0.2, 0.25) is 0 Å². The monoisotopic (exact) mass is 923 g/mol. The molecule has 2 unspecified atom stereocenters. The normalized spacial score (nSPS) is 13.9. The van der Waals surface area contributed by atoms with Crippen LogP contribution in [-0.2, 0) is 27.9 Å². The Morgan fingerprint density at radius 2 is 0.859 bits per heavy atom. The number of hydrogen-bond donors (Lipinski definition) is 1. The molecule has 1 N–H and O–H groups in total. The van der Waals surface area contributed by atoms with Crippen LogP contribution in [0.5, 0.6) is 0 Å². The van der Waals surface area contributed by atoms with Crippen molar-refractivity contribution >= 4 is 13.8 Å². The fraction of sp³-hybridized carbons (Fsp3) is 0.836. The van der Waals surface area contributed by atoms with Gasteiger partial charge >= 0.3 is 13.8 Å². The minimum Gasteiger partial charge on any atom is -0.457 e. The lowest BCUT2D eigenvalue weighted by molar-refractivity contribution is -0.870. The highest BCUT2D eigenvalue weighted by atomic mass is 31.2. The summed E-state index contributed by atoms with van der Waals surface area (Å²) in [7, 11) is 1.66. The Morgan fingerprint density at radius 3 is 1.30 bits per heavy atom. The lowest BCUT2D eigenvalue weighted by atomic mass is 10.1. The molecular weight excluding hydrogens is 818 g/mol. The first kappa shape index (κ1) is 62.5. The molecule has 0 fully saturated rings. The topological polar surface area (TPSA) is 91.3 Å². The van der Waals surface area contributed by atoms with Crippen molar-refractivity contribution in [2.75, 3.05) is 54.1 Å². The average Bonchev–Trinajstić information content (AvgIpc) is 3.25. The van der Waals surface area contributed by atoms with Crippen molar-refractivity contribution in [1.29, 1.82) is 0 Å². The zero-order valence-corrected chi connectivity index (χ0v) is 43.7. The molecule has 0 saturated carbocycles. The number of unbranched alkanes of at least 4 members (excludes halogenated alkanes) is 28. The first-order valence-corrected chi connectivity index (χ1v) is 28.4. The van der Waals surface area contributed by atoms with Crippen LogP contribution in [-0.4, -0.2) is 75.6 Å². The molecule has 0 saturated heterocycles. The molecule has 0 aromatic rings. The fourth-order valence-electron chi connectivity index (χ4n) is 7.44. The minimum atomic E-state index is -4.28. The molecule has 2 atom stereocenters. The van der Waals surface area contributed by atoms with E-state index in [-0.39, 0.29) is 25.8 Å². The number of hydrogen-bond acceptors (Lipinski definition) is 6. The molecule has 0 aromatic carbocycles. The SMILES string of the molecule is CCCCCCC/C=C\C/C=C\C/C=C\CCCCCCCCCCCCCOCC(COP(=O)(O)OCC[N+](C)(C)C)OC(=O)CCCCCCC/C=C\CCCCCCCCC. The van der Waals surface area contributed by atoms with Gasteiger partial charge in [0, 0.05) is 13.0 Å². The molecule has 0 rings (SSSR count).